The van der Waals surface area contributed by atoms with Gasteiger partial charge in [-0.25, -0.2) is 0 Å². The minimum Gasteiger partial charge on any atom is -0.369 e. The van der Waals surface area contributed by atoms with Gasteiger partial charge in [-0.2, -0.15) is 0 Å². The molecule has 0 saturated carbocycles. The summed E-state index contributed by atoms with van der Waals surface area (Å²) in [5.41, 5.74) is 4.10. The molecule has 1 aromatic rings. The van der Waals surface area contributed by atoms with Gasteiger partial charge in [0.15, 0.2) is 0 Å². The molecule has 0 amide bonds. The molecule has 1 unspecified atom stereocenters. The van der Waals surface area contributed by atoms with Crippen LogP contribution in [0.2, 0.25) is 0 Å². The Morgan fingerprint density at radius 1 is 1.17 bits per heavy atom. The van der Waals surface area contributed by atoms with E-state index in [0.717, 1.165) is 32.7 Å². The molecule has 1 aromatic carbocycles. The fourth-order valence-corrected chi connectivity index (χ4v) is 3.08. The Kier molecular flexibility index (Phi) is 7.33. The number of piperazine rings is 1. The summed E-state index contributed by atoms with van der Waals surface area (Å²) in [6.45, 7) is 15.9. The summed E-state index contributed by atoms with van der Waals surface area (Å²) >= 11 is 0. The summed E-state index contributed by atoms with van der Waals surface area (Å²) in [5, 5.41) is 0. The van der Waals surface area contributed by atoms with Crippen molar-refractivity contribution in [1.82, 2.24) is 4.90 Å². The average Bonchev–Trinajstić information content (AvgIpc) is 2.65. The van der Waals surface area contributed by atoms with Gasteiger partial charge in [0.05, 0.1) is 0 Å². The Morgan fingerprint density at radius 2 is 1.83 bits per heavy atom. The van der Waals surface area contributed by atoms with Crippen molar-refractivity contribution >= 4 is 5.69 Å². The van der Waals surface area contributed by atoms with Crippen LogP contribution in [0.4, 0.5) is 5.69 Å². The molecule has 1 aliphatic rings. The molecule has 1 fully saturated rings. The van der Waals surface area contributed by atoms with Crippen LogP contribution in [-0.4, -0.2) is 37.6 Å². The lowest BCUT2D eigenvalue weighted by atomic mass is 9.98. The maximum absolute atomic E-state index is 3.93. The van der Waals surface area contributed by atoms with Crippen LogP contribution in [0, 0.1) is 0 Å². The third kappa shape index (κ3) is 5.10. The molecule has 1 aliphatic heterocycles. The standard InChI is InChI=1S/C22H32N2/c1-5-8-9-20(7-3)18-23-14-16-24(17-15-23)22-12-10-21(11-13-22)19(4)6-2/h5,7-13,19H,3,6,14-18H2,1-2,4H3/b8-5-,20-9+. The van der Waals surface area contributed by atoms with Gasteiger partial charge in [-0.3, -0.25) is 4.90 Å². The fourth-order valence-electron chi connectivity index (χ4n) is 3.08. The molecule has 24 heavy (non-hydrogen) atoms. The molecular formula is C22H32N2. The SMILES string of the molecule is C=C/C(=C\C=C/C)CN1CCN(c2ccc(C(C)CC)cc2)CC1. The van der Waals surface area contributed by atoms with E-state index in [1.54, 1.807) is 0 Å². The van der Waals surface area contributed by atoms with E-state index >= 15 is 0 Å². The summed E-state index contributed by atoms with van der Waals surface area (Å²) in [7, 11) is 0. The second-order valence-electron chi connectivity index (χ2n) is 6.64. The Balaban J connectivity index is 1.89. The summed E-state index contributed by atoms with van der Waals surface area (Å²) in [5.74, 6) is 0.650. The highest BCUT2D eigenvalue weighted by Gasteiger charge is 2.17. The van der Waals surface area contributed by atoms with Crippen molar-refractivity contribution in [1.29, 1.82) is 0 Å². The molecule has 1 saturated heterocycles. The van der Waals surface area contributed by atoms with Crippen molar-refractivity contribution in [3.05, 3.63) is 66.3 Å². The monoisotopic (exact) mass is 324 g/mol. The highest BCUT2D eigenvalue weighted by atomic mass is 15.3. The van der Waals surface area contributed by atoms with Crippen molar-refractivity contribution < 1.29 is 0 Å². The molecule has 0 spiro atoms. The van der Waals surface area contributed by atoms with E-state index in [2.05, 4.69) is 72.7 Å². The zero-order valence-electron chi connectivity index (χ0n) is 15.5. The van der Waals surface area contributed by atoms with Crippen LogP contribution in [0.25, 0.3) is 0 Å². The normalized spacial score (nSPS) is 18.1. The van der Waals surface area contributed by atoms with Crippen LogP contribution < -0.4 is 4.90 Å². The number of nitrogens with zero attached hydrogens (tertiary/aromatic N) is 2. The molecule has 0 bridgehead atoms. The number of benzene rings is 1. The molecule has 0 N–H and O–H groups in total. The zero-order valence-corrected chi connectivity index (χ0v) is 15.5. The van der Waals surface area contributed by atoms with Crippen LogP contribution in [0.1, 0.15) is 38.7 Å². The van der Waals surface area contributed by atoms with E-state index < -0.39 is 0 Å². The number of allylic oxidation sites excluding steroid dienone is 3. The minimum atomic E-state index is 0.650. The van der Waals surface area contributed by atoms with Gasteiger partial charge in [0.25, 0.3) is 0 Å². The quantitative estimate of drug-likeness (QED) is 0.650. The number of hydrogen-bond donors (Lipinski definition) is 0. The Morgan fingerprint density at radius 3 is 2.38 bits per heavy atom. The van der Waals surface area contributed by atoms with Crippen molar-refractivity contribution in [3.8, 4) is 0 Å². The van der Waals surface area contributed by atoms with Gasteiger partial charge in [0.1, 0.15) is 0 Å². The van der Waals surface area contributed by atoms with Crippen LogP contribution in [0.15, 0.2) is 60.7 Å². The van der Waals surface area contributed by atoms with Gasteiger partial charge in [-0.1, -0.05) is 56.9 Å². The predicted octanol–water partition coefficient (Wildman–Crippen LogP) is 5.01. The molecule has 0 aromatic heterocycles. The van der Waals surface area contributed by atoms with E-state index in [4.69, 9.17) is 0 Å². The average molecular weight is 325 g/mol. The first kappa shape index (κ1) is 18.5. The van der Waals surface area contributed by atoms with E-state index in [1.165, 1.54) is 23.2 Å². The largest absolute Gasteiger partial charge is 0.369 e. The van der Waals surface area contributed by atoms with Crippen LogP contribution in [0.3, 0.4) is 0 Å². The maximum Gasteiger partial charge on any atom is 0.0367 e. The number of hydrogen-bond acceptors (Lipinski definition) is 2. The third-order valence-corrected chi connectivity index (χ3v) is 4.98. The summed E-state index contributed by atoms with van der Waals surface area (Å²) in [6, 6.07) is 9.17. The van der Waals surface area contributed by atoms with E-state index in [0.29, 0.717) is 5.92 Å². The molecule has 130 valence electrons. The smallest absolute Gasteiger partial charge is 0.0367 e. The van der Waals surface area contributed by atoms with Gasteiger partial charge < -0.3 is 4.90 Å². The lowest BCUT2D eigenvalue weighted by Gasteiger charge is -2.36. The predicted molar refractivity (Wildman–Crippen MR) is 107 cm³/mol. The van der Waals surface area contributed by atoms with E-state index in [-0.39, 0.29) is 0 Å². The molecule has 2 nitrogen and oxygen atoms in total. The van der Waals surface area contributed by atoms with Crippen LogP contribution in [-0.2, 0) is 0 Å². The van der Waals surface area contributed by atoms with Gasteiger partial charge in [0.2, 0.25) is 0 Å². The molecule has 0 radical (unpaired) electrons. The van der Waals surface area contributed by atoms with Crippen LogP contribution >= 0.6 is 0 Å². The van der Waals surface area contributed by atoms with Gasteiger partial charge in [-0.05, 0) is 42.5 Å². The minimum absolute atomic E-state index is 0.650. The second-order valence-corrected chi connectivity index (χ2v) is 6.64. The summed E-state index contributed by atoms with van der Waals surface area (Å²) in [6.07, 6.45) is 9.48. The molecule has 1 heterocycles. The number of anilines is 1. The molecule has 1 atom stereocenters. The molecule has 2 heteroatoms. The van der Waals surface area contributed by atoms with Crippen molar-refractivity contribution in [2.24, 2.45) is 0 Å². The topological polar surface area (TPSA) is 6.48 Å². The zero-order chi connectivity index (χ0) is 17.4. The molecule has 2 rings (SSSR count). The first-order valence-electron chi connectivity index (χ1n) is 9.19. The lowest BCUT2D eigenvalue weighted by molar-refractivity contribution is 0.280. The maximum atomic E-state index is 3.93. The lowest BCUT2D eigenvalue weighted by Crippen LogP contribution is -2.46. The molecular weight excluding hydrogens is 292 g/mol. The first-order valence-corrected chi connectivity index (χ1v) is 9.19. The van der Waals surface area contributed by atoms with Crippen molar-refractivity contribution in [2.75, 3.05) is 37.6 Å². The first-order chi connectivity index (χ1) is 11.7. The van der Waals surface area contributed by atoms with Crippen molar-refractivity contribution in [3.63, 3.8) is 0 Å². The third-order valence-electron chi connectivity index (χ3n) is 4.98. The molecule has 0 aliphatic carbocycles. The van der Waals surface area contributed by atoms with Gasteiger partial charge in [0, 0.05) is 38.4 Å². The summed E-state index contributed by atoms with van der Waals surface area (Å²) < 4.78 is 0. The fraction of sp³-hybridized carbons (Fsp3) is 0.455. The van der Waals surface area contributed by atoms with E-state index in [1.807, 2.05) is 13.0 Å². The Labute approximate surface area is 148 Å². The Hall–Kier alpha value is -1.80. The van der Waals surface area contributed by atoms with Crippen molar-refractivity contribution in [2.45, 2.75) is 33.1 Å². The number of rotatable bonds is 7. The van der Waals surface area contributed by atoms with Gasteiger partial charge >= 0.3 is 0 Å². The highest BCUT2D eigenvalue weighted by molar-refractivity contribution is 5.48. The second kappa shape index (κ2) is 9.48. The van der Waals surface area contributed by atoms with Gasteiger partial charge in [-0.15, -0.1) is 0 Å². The van der Waals surface area contributed by atoms with E-state index in [9.17, 15) is 0 Å². The van der Waals surface area contributed by atoms with Crippen LogP contribution in [0.5, 0.6) is 0 Å². The highest BCUT2D eigenvalue weighted by Crippen LogP contribution is 2.23. The summed E-state index contributed by atoms with van der Waals surface area (Å²) in [4.78, 5) is 5.02. The Bertz CT molecular complexity index is 560.